The van der Waals surface area contributed by atoms with E-state index >= 15 is 0 Å². The Morgan fingerprint density at radius 1 is 1.08 bits per heavy atom. The predicted molar refractivity (Wildman–Crippen MR) is 98.2 cm³/mol. The quantitative estimate of drug-likeness (QED) is 0.877. The summed E-state index contributed by atoms with van der Waals surface area (Å²) >= 11 is 0. The van der Waals surface area contributed by atoms with E-state index in [0.717, 1.165) is 43.2 Å². The molecular formula is C20H24N2O3. The molecule has 1 fully saturated rings. The molecule has 0 spiro atoms. The van der Waals surface area contributed by atoms with Gasteiger partial charge in [-0.2, -0.15) is 0 Å². The van der Waals surface area contributed by atoms with E-state index in [1.54, 1.807) is 0 Å². The van der Waals surface area contributed by atoms with Gasteiger partial charge in [0.25, 0.3) is 0 Å². The van der Waals surface area contributed by atoms with Crippen LogP contribution in [0.1, 0.15) is 12.8 Å². The highest BCUT2D eigenvalue weighted by Gasteiger charge is 2.17. The summed E-state index contributed by atoms with van der Waals surface area (Å²) in [6.07, 6.45) is 1.78. The highest BCUT2D eigenvalue weighted by atomic mass is 16.5. The van der Waals surface area contributed by atoms with Crippen LogP contribution in [0, 0.1) is 0 Å². The minimum absolute atomic E-state index is 0.0408. The average molecular weight is 340 g/mol. The minimum atomic E-state index is 0.0408. The molecule has 1 aliphatic heterocycles. The van der Waals surface area contributed by atoms with E-state index in [9.17, 15) is 4.79 Å². The summed E-state index contributed by atoms with van der Waals surface area (Å²) in [7, 11) is 1.91. The first-order valence-corrected chi connectivity index (χ1v) is 8.62. The van der Waals surface area contributed by atoms with E-state index in [2.05, 4.69) is 5.32 Å². The van der Waals surface area contributed by atoms with Crippen molar-refractivity contribution in [3.63, 3.8) is 0 Å². The van der Waals surface area contributed by atoms with E-state index < -0.39 is 0 Å². The second kappa shape index (κ2) is 8.53. The number of para-hydroxylation sites is 1. The van der Waals surface area contributed by atoms with Gasteiger partial charge in [0.15, 0.2) is 0 Å². The van der Waals surface area contributed by atoms with Crippen LogP contribution in [0.25, 0.3) is 0 Å². The number of amides is 1. The first kappa shape index (κ1) is 17.3. The fraction of sp³-hybridized carbons (Fsp3) is 0.350. The van der Waals surface area contributed by atoms with Gasteiger partial charge in [0.1, 0.15) is 11.5 Å². The van der Waals surface area contributed by atoms with Crippen LogP contribution in [0.5, 0.6) is 11.5 Å². The van der Waals surface area contributed by atoms with Gasteiger partial charge in [-0.25, -0.2) is 0 Å². The Kier molecular flexibility index (Phi) is 5.90. The molecule has 2 aromatic rings. The van der Waals surface area contributed by atoms with E-state index in [1.165, 1.54) is 0 Å². The maximum Gasteiger partial charge on any atom is 0.239 e. The zero-order valence-corrected chi connectivity index (χ0v) is 14.5. The van der Waals surface area contributed by atoms with Crippen molar-refractivity contribution in [1.29, 1.82) is 0 Å². The summed E-state index contributed by atoms with van der Waals surface area (Å²) in [6.45, 7) is 1.78. The van der Waals surface area contributed by atoms with Crippen LogP contribution in [0.15, 0.2) is 54.6 Å². The monoisotopic (exact) mass is 340 g/mol. The standard InChI is InChI=1S/C20H24N2O3/c1-22(15-20(23)21-16-11-13-24-14-12-16)17-7-9-19(10-8-17)25-18-5-3-2-4-6-18/h2-10,16H,11-15H2,1H3,(H,21,23). The third-order valence-corrected chi connectivity index (χ3v) is 4.22. The van der Waals surface area contributed by atoms with Crippen molar-refractivity contribution in [2.45, 2.75) is 18.9 Å². The van der Waals surface area contributed by atoms with Crippen LogP contribution in [0.4, 0.5) is 5.69 Å². The largest absolute Gasteiger partial charge is 0.457 e. The highest BCUT2D eigenvalue weighted by Crippen LogP contribution is 2.23. The van der Waals surface area contributed by atoms with Gasteiger partial charge in [0.2, 0.25) is 5.91 Å². The number of likely N-dealkylation sites (N-methyl/N-ethyl adjacent to an activating group) is 1. The summed E-state index contributed by atoms with van der Waals surface area (Å²) in [6, 6.07) is 17.6. The lowest BCUT2D eigenvalue weighted by Crippen LogP contribution is -2.43. The van der Waals surface area contributed by atoms with Gasteiger partial charge < -0.3 is 19.7 Å². The summed E-state index contributed by atoms with van der Waals surface area (Å²) in [5.74, 6) is 1.62. The number of anilines is 1. The number of hydrogen-bond acceptors (Lipinski definition) is 4. The molecule has 5 nitrogen and oxygen atoms in total. The van der Waals surface area contributed by atoms with Crippen molar-refractivity contribution in [1.82, 2.24) is 5.32 Å². The molecule has 0 aliphatic carbocycles. The number of nitrogens with zero attached hydrogens (tertiary/aromatic N) is 1. The molecule has 0 bridgehead atoms. The Morgan fingerprint density at radius 3 is 2.40 bits per heavy atom. The summed E-state index contributed by atoms with van der Waals surface area (Å²) in [5.41, 5.74) is 0.975. The molecule has 1 saturated heterocycles. The molecule has 1 amide bonds. The summed E-state index contributed by atoms with van der Waals surface area (Å²) in [4.78, 5) is 14.1. The fourth-order valence-electron chi connectivity index (χ4n) is 2.82. The molecule has 0 radical (unpaired) electrons. The second-order valence-electron chi connectivity index (χ2n) is 6.22. The number of carbonyl (C=O) groups is 1. The summed E-state index contributed by atoms with van der Waals surface area (Å²) in [5, 5.41) is 3.08. The van der Waals surface area contributed by atoms with E-state index in [-0.39, 0.29) is 11.9 Å². The summed E-state index contributed by atoms with van der Waals surface area (Å²) < 4.78 is 11.1. The lowest BCUT2D eigenvalue weighted by molar-refractivity contribution is -0.121. The maximum atomic E-state index is 12.2. The number of rotatable bonds is 6. The van der Waals surface area contributed by atoms with Crippen LogP contribution in [-0.4, -0.2) is 38.8 Å². The molecule has 1 heterocycles. The molecule has 1 aliphatic rings. The Balaban J connectivity index is 1.51. The lowest BCUT2D eigenvalue weighted by Gasteiger charge is -2.25. The number of benzene rings is 2. The molecule has 0 aromatic heterocycles. The van der Waals surface area contributed by atoms with E-state index in [4.69, 9.17) is 9.47 Å². The van der Waals surface area contributed by atoms with Gasteiger partial charge in [0, 0.05) is 32.0 Å². The van der Waals surface area contributed by atoms with Crippen molar-refractivity contribution in [3.8, 4) is 11.5 Å². The minimum Gasteiger partial charge on any atom is -0.457 e. The molecule has 0 atom stereocenters. The first-order chi connectivity index (χ1) is 12.2. The normalized spacial score (nSPS) is 14.8. The zero-order valence-electron chi connectivity index (χ0n) is 14.5. The van der Waals surface area contributed by atoms with Crippen molar-refractivity contribution in [2.75, 3.05) is 31.7 Å². The Morgan fingerprint density at radius 2 is 1.72 bits per heavy atom. The maximum absolute atomic E-state index is 12.2. The topological polar surface area (TPSA) is 50.8 Å². The van der Waals surface area contributed by atoms with Crippen molar-refractivity contribution < 1.29 is 14.3 Å². The number of ether oxygens (including phenoxy) is 2. The number of nitrogens with one attached hydrogen (secondary N) is 1. The fourth-order valence-corrected chi connectivity index (χ4v) is 2.82. The molecule has 5 heteroatoms. The van der Waals surface area contributed by atoms with Crippen molar-refractivity contribution in [2.24, 2.45) is 0 Å². The molecule has 25 heavy (non-hydrogen) atoms. The Bertz CT molecular complexity index is 667. The molecule has 132 valence electrons. The predicted octanol–water partition coefficient (Wildman–Crippen LogP) is 3.21. The van der Waals surface area contributed by atoms with Crippen LogP contribution in [0.3, 0.4) is 0 Å². The molecule has 0 unspecified atom stereocenters. The van der Waals surface area contributed by atoms with Gasteiger partial charge in [-0.3, -0.25) is 4.79 Å². The molecule has 1 N–H and O–H groups in total. The Labute approximate surface area is 148 Å². The van der Waals surface area contributed by atoms with Crippen LogP contribution >= 0.6 is 0 Å². The molecule has 2 aromatic carbocycles. The van der Waals surface area contributed by atoms with Gasteiger partial charge in [-0.1, -0.05) is 18.2 Å². The first-order valence-electron chi connectivity index (χ1n) is 8.62. The molecular weight excluding hydrogens is 316 g/mol. The molecule has 0 saturated carbocycles. The van der Waals surface area contributed by atoms with Gasteiger partial charge >= 0.3 is 0 Å². The van der Waals surface area contributed by atoms with Crippen LogP contribution < -0.4 is 15.0 Å². The number of carbonyl (C=O) groups excluding carboxylic acids is 1. The number of hydrogen-bond donors (Lipinski definition) is 1. The molecule has 3 rings (SSSR count). The average Bonchev–Trinajstić information content (AvgIpc) is 2.64. The Hall–Kier alpha value is -2.53. The SMILES string of the molecule is CN(CC(=O)NC1CCOCC1)c1ccc(Oc2ccccc2)cc1. The van der Waals surface area contributed by atoms with Crippen molar-refractivity contribution >= 4 is 11.6 Å². The van der Waals surface area contributed by atoms with Gasteiger partial charge in [0.05, 0.1) is 6.54 Å². The zero-order chi connectivity index (χ0) is 17.5. The lowest BCUT2D eigenvalue weighted by atomic mass is 10.1. The highest BCUT2D eigenvalue weighted by molar-refractivity contribution is 5.81. The van der Waals surface area contributed by atoms with Gasteiger partial charge in [-0.15, -0.1) is 0 Å². The van der Waals surface area contributed by atoms with Crippen LogP contribution in [-0.2, 0) is 9.53 Å². The third-order valence-electron chi connectivity index (χ3n) is 4.22. The van der Waals surface area contributed by atoms with E-state index in [0.29, 0.717) is 6.54 Å². The smallest absolute Gasteiger partial charge is 0.239 e. The third kappa shape index (κ3) is 5.22. The van der Waals surface area contributed by atoms with Crippen LogP contribution in [0.2, 0.25) is 0 Å². The van der Waals surface area contributed by atoms with E-state index in [1.807, 2.05) is 66.5 Å². The van der Waals surface area contributed by atoms with Crippen molar-refractivity contribution in [3.05, 3.63) is 54.6 Å². The second-order valence-corrected chi connectivity index (χ2v) is 6.22. The van der Waals surface area contributed by atoms with Gasteiger partial charge in [-0.05, 0) is 49.2 Å².